The molecule has 0 spiro atoms. The number of aromatic nitrogens is 3. The molecule has 0 aliphatic carbocycles. The molecule has 9 nitrogen and oxygen atoms in total. The van der Waals surface area contributed by atoms with Crippen molar-refractivity contribution in [2.24, 2.45) is 5.14 Å². The maximum atomic E-state index is 11.8. The van der Waals surface area contributed by atoms with Gasteiger partial charge in [0.05, 0.1) is 5.69 Å². The average Bonchev–Trinajstić information content (AvgIpc) is 2.73. The molecular formula is C10H12N6O3S. The Morgan fingerprint density at radius 1 is 1.35 bits per heavy atom. The summed E-state index contributed by atoms with van der Waals surface area (Å²) in [4.78, 5) is 15.3. The molecule has 0 fully saturated rings. The molecule has 5 N–H and O–H groups in total. The zero-order valence-electron chi connectivity index (χ0n) is 10.2. The fraction of sp³-hybridized carbons (Fsp3) is 0.100. The predicted octanol–water partition coefficient (Wildman–Crippen LogP) is -0.854. The molecule has 20 heavy (non-hydrogen) atoms. The smallest absolute Gasteiger partial charge is 0.246 e. The van der Waals surface area contributed by atoms with Crippen molar-refractivity contribution in [1.29, 1.82) is 0 Å². The van der Waals surface area contributed by atoms with Crippen LogP contribution in [0.5, 0.6) is 0 Å². The minimum absolute atomic E-state index is 0.0442. The lowest BCUT2D eigenvalue weighted by Crippen LogP contribution is -2.22. The van der Waals surface area contributed by atoms with Crippen LogP contribution < -0.4 is 16.2 Å². The van der Waals surface area contributed by atoms with E-state index < -0.39 is 15.9 Å². The van der Waals surface area contributed by atoms with Gasteiger partial charge in [-0.25, -0.2) is 23.2 Å². The SMILES string of the molecule is Nc1ncn(CC(=O)Nc2ccccc2S(N)(=O)=O)n1. The Kier molecular flexibility index (Phi) is 3.68. The normalized spacial score (nSPS) is 11.2. The molecule has 0 aliphatic heterocycles. The average molecular weight is 296 g/mol. The zero-order valence-corrected chi connectivity index (χ0v) is 11.0. The first-order valence-electron chi connectivity index (χ1n) is 5.43. The van der Waals surface area contributed by atoms with Crippen LogP contribution in [-0.4, -0.2) is 29.1 Å². The molecule has 1 heterocycles. The van der Waals surface area contributed by atoms with Crippen LogP contribution in [0, 0.1) is 0 Å². The van der Waals surface area contributed by atoms with Gasteiger partial charge in [0.2, 0.25) is 21.9 Å². The molecule has 0 atom stereocenters. The maximum absolute atomic E-state index is 11.8. The Labute approximate surface area is 114 Å². The molecule has 0 radical (unpaired) electrons. The van der Waals surface area contributed by atoms with Crippen LogP contribution in [0.25, 0.3) is 0 Å². The minimum atomic E-state index is -3.92. The first-order valence-corrected chi connectivity index (χ1v) is 6.97. The molecule has 1 amide bonds. The van der Waals surface area contributed by atoms with E-state index >= 15 is 0 Å². The van der Waals surface area contributed by atoms with Crippen molar-refractivity contribution in [3.05, 3.63) is 30.6 Å². The summed E-state index contributed by atoms with van der Waals surface area (Å²) >= 11 is 0. The van der Waals surface area contributed by atoms with Crippen LogP contribution in [0.4, 0.5) is 11.6 Å². The van der Waals surface area contributed by atoms with Crippen molar-refractivity contribution < 1.29 is 13.2 Å². The summed E-state index contributed by atoms with van der Waals surface area (Å²) in [6.07, 6.45) is 1.29. The highest BCUT2D eigenvalue weighted by atomic mass is 32.2. The second-order valence-corrected chi connectivity index (χ2v) is 5.42. The Bertz CT molecular complexity index is 739. The Balaban J connectivity index is 2.16. The van der Waals surface area contributed by atoms with Gasteiger partial charge in [0, 0.05) is 0 Å². The number of carbonyl (C=O) groups excluding carboxylic acids is 1. The number of sulfonamides is 1. The van der Waals surface area contributed by atoms with Crippen molar-refractivity contribution in [2.75, 3.05) is 11.1 Å². The number of benzene rings is 1. The van der Waals surface area contributed by atoms with Gasteiger partial charge in [-0.1, -0.05) is 12.1 Å². The third kappa shape index (κ3) is 3.30. The number of rotatable bonds is 4. The number of amides is 1. The van der Waals surface area contributed by atoms with Gasteiger partial charge in [0.25, 0.3) is 0 Å². The van der Waals surface area contributed by atoms with Gasteiger partial charge >= 0.3 is 0 Å². The van der Waals surface area contributed by atoms with E-state index in [-0.39, 0.29) is 23.1 Å². The van der Waals surface area contributed by atoms with Crippen LogP contribution in [0.3, 0.4) is 0 Å². The number of anilines is 2. The summed E-state index contributed by atoms with van der Waals surface area (Å²) in [6.45, 7) is -0.150. The van der Waals surface area contributed by atoms with Crippen molar-refractivity contribution in [2.45, 2.75) is 11.4 Å². The Morgan fingerprint density at radius 3 is 2.65 bits per heavy atom. The lowest BCUT2D eigenvalue weighted by molar-refractivity contribution is -0.116. The standard InChI is InChI=1S/C10H12N6O3S/c11-10-13-6-16(15-10)5-9(17)14-7-3-1-2-4-8(7)20(12,18)19/h1-4,6H,5H2,(H2,11,15)(H,14,17)(H2,12,18,19). The summed E-state index contributed by atoms with van der Waals surface area (Å²) in [6, 6.07) is 5.83. The van der Waals surface area contributed by atoms with Crippen LogP contribution >= 0.6 is 0 Å². The second kappa shape index (κ2) is 5.27. The summed E-state index contributed by atoms with van der Waals surface area (Å²) in [5.41, 5.74) is 5.42. The molecule has 2 rings (SSSR count). The third-order valence-electron chi connectivity index (χ3n) is 2.33. The topological polar surface area (TPSA) is 146 Å². The zero-order chi connectivity index (χ0) is 14.8. The first kappa shape index (κ1) is 14.0. The molecule has 0 aliphatic rings. The molecular weight excluding hydrogens is 284 g/mol. The summed E-state index contributed by atoms with van der Waals surface area (Å²) in [7, 11) is -3.92. The van der Waals surface area contributed by atoms with E-state index in [1.54, 1.807) is 6.07 Å². The quantitative estimate of drug-likeness (QED) is 0.669. The van der Waals surface area contributed by atoms with Crippen molar-refractivity contribution in [3.8, 4) is 0 Å². The van der Waals surface area contributed by atoms with Crippen molar-refractivity contribution in [1.82, 2.24) is 14.8 Å². The summed E-state index contributed by atoms with van der Waals surface area (Å²) in [5.74, 6) is -0.436. The van der Waals surface area contributed by atoms with Crippen LogP contribution in [0.1, 0.15) is 0 Å². The fourth-order valence-corrected chi connectivity index (χ4v) is 2.23. The molecule has 0 saturated heterocycles. The van der Waals surface area contributed by atoms with Gasteiger partial charge in [-0.15, -0.1) is 5.10 Å². The van der Waals surface area contributed by atoms with Gasteiger partial charge in [-0.3, -0.25) is 4.79 Å². The van der Waals surface area contributed by atoms with E-state index in [9.17, 15) is 13.2 Å². The molecule has 106 valence electrons. The monoisotopic (exact) mass is 296 g/mol. The third-order valence-corrected chi connectivity index (χ3v) is 3.30. The molecule has 0 bridgehead atoms. The number of carbonyl (C=O) groups is 1. The largest absolute Gasteiger partial charge is 0.367 e. The van der Waals surface area contributed by atoms with E-state index in [0.717, 1.165) is 0 Å². The Morgan fingerprint density at radius 2 is 2.05 bits per heavy atom. The molecule has 0 saturated carbocycles. The molecule has 10 heteroatoms. The fourth-order valence-electron chi connectivity index (χ4n) is 1.54. The van der Waals surface area contributed by atoms with Crippen LogP contribution in [0.15, 0.2) is 35.5 Å². The van der Waals surface area contributed by atoms with Gasteiger partial charge < -0.3 is 11.1 Å². The van der Waals surface area contributed by atoms with Gasteiger partial charge in [0.15, 0.2) is 0 Å². The number of nitrogens with two attached hydrogens (primary N) is 2. The van der Waals surface area contributed by atoms with Gasteiger partial charge in [-0.05, 0) is 12.1 Å². The highest BCUT2D eigenvalue weighted by Gasteiger charge is 2.15. The highest BCUT2D eigenvalue weighted by molar-refractivity contribution is 7.89. The van der Waals surface area contributed by atoms with E-state index in [1.165, 1.54) is 29.2 Å². The van der Waals surface area contributed by atoms with Crippen LogP contribution in [0.2, 0.25) is 0 Å². The number of nitrogens with zero attached hydrogens (tertiary/aromatic N) is 3. The molecule has 2 aromatic rings. The number of hydrogen-bond acceptors (Lipinski definition) is 6. The van der Waals surface area contributed by atoms with E-state index in [4.69, 9.17) is 10.9 Å². The van der Waals surface area contributed by atoms with Gasteiger partial charge in [-0.2, -0.15) is 0 Å². The number of hydrogen-bond donors (Lipinski definition) is 3. The number of nitrogens with one attached hydrogen (secondary N) is 1. The van der Waals surface area contributed by atoms with Gasteiger partial charge in [0.1, 0.15) is 17.8 Å². The molecule has 1 aromatic heterocycles. The summed E-state index contributed by atoms with van der Waals surface area (Å²) < 4.78 is 24.0. The number of para-hydroxylation sites is 1. The highest BCUT2D eigenvalue weighted by Crippen LogP contribution is 2.19. The predicted molar refractivity (Wildman–Crippen MR) is 70.9 cm³/mol. The Hall–Kier alpha value is -2.46. The number of nitrogen functional groups attached to an aromatic ring is 1. The molecule has 1 aromatic carbocycles. The maximum Gasteiger partial charge on any atom is 0.246 e. The second-order valence-electron chi connectivity index (χ2n) is 3.89. The lowest BCUT2D eigenvalue weighted by Gasteiger charge is -2.09. The number of primary sulfonamides is 1. The molecule has 0 unspecified atom stereocenters. The summed E-state index contributed by atoms with van der Waals surface area (Å²) in [5, 5.41) is 11.3. The van der Waals surface area contributed by atoms with E-state index in [1.807, 2.05) is 0 Å². The van der Waals surface area contributed by atoms with Crippen molar-refractivity contribution >= 4 is 27.6 Å². The minimum Gasteiger partial charge on any atom is -0.367 e. The van der Waals surface area contributed by atoms with Crippen molar-refractivity contribution in [3.63, 3.8) is 0 Å². The first-order chi connectivity index (χ1) is 9.36. The lowest BCUT2D eigenvalue weighted by atomic mass is 10.3. The van der Waals surface area contributed by atoms with E-state index in [2.05, 4.69) is 15.4 Å². The van der Waals surface area contributed by atoms with E-state index in [0.29, 0.717) is 0 Å². The van der Waals surface area contributed by atoms with Crippen LogP contribution in [-0.2, 0) is 21.4 Å².